The van der Waals surface area contributed by atoms with Crippen LogP contribution in [0.1, 0.15) is 37.7 Å². The minimum atomic E-state index is -4.38. The van der Waals surface area contributed by atoms with Gasteiger partial charge in [0.05, 0.1) is 22.4 Å². The first-order valence-electron chi connectivity index (χ1n) is 7.56. The average molecular weight is 312 g/mol. The van der Waals surface area contributed by atoms with Crippen molar-refractivity contribution in [2.75, 3.05) is 23.8 Å². The van der Waals surface area contributed by atoms with Crippen LogP contribution in [0.5, 0.6) is 0 Å². The number of nitrogens with zero attached hydrogens (tertiary/aromatic N) is 1. The van der Waals surface area contributed by atoms with Crippen molar-refractivity contribution in [2.45, 2.75) is 38.3 Å². The summed E-state index contributed by atoms with van der Waals surface area (Å²) in [4.78, 5) is 14.4. The van der Waals surface area contributed by atoms with Crippen molar-refractivity contribution < 1.29 is 18.0 Å². The normalized spacial score (nSPS) is 21.3. The predicted molar refractivity (Wildman–Crippen MR) is 78.9 cm³/mol. The van der Waals surface area contributed by atoms with E-state index >= 15 is 0 Å². The summed E-state index contributed by atoms with van der Waals surface area (Å²) in [6.45, 7) is 0.465. The summed E-state index contributed by atoms with van der Waals surface area (Å²) >= 11 is 0. The number of carbonyl (C=O) groups is 1. The largest absolute Gasteiger partial charge is 0.416 e. The molecule has 1 aromatic rings. The lowest BCUT2D eigenvalue weighted by atomic mass is 9.73. The maximum atomic E-state index is 12.9. The van der Waals surface area contributed by atoms with E-state index in [1.54, 1.807) is 11.9 Å². The Bertz CT molecular complexity index is 592. The summed E-state index contributed by atoms with van der Waals surface area (Å²) in [5.74, 6) is -0.0578. The summed E-state index contributed by atoms with van der Waals surface area (Å²) in [6.07, 6.45) is 0.308. The zero-order valence-corrected chi connectivity index (χ0v) is 12.5. The van der Waals surface area contributed by atoms with Crippen LogP contribution >= 0.6 is 0 Å². The van der Waals surface area contributed by atoms with Crippen LogP contribution in [-0.4, -0.2) is 19.5 Å². The Morgan fingerprint density at radius 2 is 1.86 bits per heavy atom. The van der Waals surface area contributed by atoms with Crippen LogP contribution in [0.25, 0.3) is 0 Å². The highest BCUT2D eigenvalue weighted by Crippen LogP contribution is 2.43. The van der Waals surface area contributed by atoms with Gasteiger partial charge in [0.25, 0.3) is 0 Å². The number of nitrogens with one attached hydrogen (secondary N) is 1. The molecule has 1 spiro atoms. The molecular formula is C16H19F3N2O. The summed E-state index contributed by atoms with van der Waals surface area (Å²) in [5.41, 5.74) is -0.273. The van der Waals surface area contributed by atoms with Crippen LogP contribution in [0.3, 0.4) is 0 Å². The highest BCUT2D eigenvalue weighted by molar-refractivity contribution is 6.00. The summed E-state index contributed by atoms with van der Waals surface area (Å²) in [5, 5.41) is 2.84. The molecule has 6 heteroatoms. The third-order valence-electron chi connectivity index (χ3n) is 4.82. The van der Waals surface area contributed by atoms with Crippen LogP contribution in [0, 0.1) is 5.41 Å². The highest BCUT2D eigenvalue weighted by atomic mass is 19.4. The fourth-order valence-electron chi connectivity index (χ4n) is 3.61. The Kier molecular flexibility index (Phi) is 3.57. The Morgan fingerprint density at radius 1 is 1.18 bits per heavy atom. The Morgan fingerprint density at radius 3 is 2.50 bits per heavy atom. The number of fused-ring (bicyclic) bond motifs is 1. The van der Waals surface area contributed by atoms with Crippen molar-refractivity contribution in [3.63, 3.8) is 0 Å². The van der Waals surface area contributed by atoms with Crippen molar-refractivity contribution in [2.24, 2.45) is 5.41 Å². The van der Waals surface area contributed by atoms with Gasteiger partial charge in [0.1, 0.15) is 0 Å². The van der Waals surface area contributed by atoms with E-state index in [1.807, 2.05) is 0 Å². The summed E-state index contributed by atoms with van der Waals surface area (Å²) < 4.78 is 38.7. The van der Waals surface area contributed by atoms with Gasteiger partial charge >= 0.3 is 6.18 Å². The van der Waals surface area contributed by atoms with E-state index in [9.17, 15) is 18.0 Å². The first-order chi connectivity index (χ1) is 10.3. The lowest BCUT2D eigenvalue weighted by Gasteiger charge is -2.36. The molecule has 0 bridgehead atoms. The fourth-order valence-corrected chi connectivity index (χ4v) is 3.61. The summed E-state index contributed by atoms with van der Waals surface area (Å²) in [7, 11) is 1.76. The van der Waals surface area contributed by atoms with Crippen molar-refractivity contribution in [1.82, 2.24) is 0 Å². The third-order valence-corrected chi connectivity index (χ3v) is 4.82. The van der Waals surface area contributed by atoms with Gasteiger partial charge in [-0.25, -0.2) is 0 Å². The Balaban J connectivity index is 1.99. The molecule has 3 rings (SSSR count). The van der Waals surface area contributed by atoms with Crippen molar-refractivity contribution in [1.29, 1.82) is 0 Å². The van der Waals surface area contributed by atoms with E-state index < -0.39 is 17.2 Å². The standard InChI is InChI=1S/C16H19F3N2O/c1-21-10-15(7-3-2-4-8-15)14(22)20-12-6-5-11(9-13(12)21)16(17,18)19/h5-6,9H,2-4,7-8,10H2,1H3,(H,20,22). The maximum absolute atomic E-state index is 12.9. The lowest BCUT2D eigenvalue weighted by Crippen LogP contribution is -2.44. The number of hydrogen-bond donors (Lipinski definition) is 1. The zero-order chi connectivity index (χ0) is 16.0. The second kappa shape index (κ2) is 5.18. The lowest BCUT2D eigenvalue weighted by molar-refractivity contribution is -0.137. The van der Waals surface area contributed by atoms with E-state index in [2.05, 4.69) is 5.32 Å². The molecule has 1 saturated carbocycles. The minimum absolute atomic E-state index is 0.0578. The van der Waals surface area contributed by atoms with Crippen LogP contribution in [0.2, 0.25) is 0 Å². The van der Waals surface area contributed by atoms with Gasteiger partial charge in [-0.15, -0.1) is 0 Å². The molecule has 1 heterocycles. The highest BCUT2D eigenvalue weighted by Gasteiger charge is 2.43. The average Bonchev–Trinajstić information content (AvgIpc) is 2.55. The smallest absolute Gasteiger partial charge is 0.372 e. The molecule has 22 heavy (non-hydrogen) atoms. The van der Waals surface area contributed by atoms with Gasteiger partial charge in [-0.05, 0) is 31.0 Å². The molecule has 0 radical (unpaired) electrons. The second-order valence-electron chi connectivity index (χ2n) is 6.38. The van der Waals surface area contributed by atoms with E-state index in [0.717, 1.165) is 44.2 Å². The van der Waals surface area contributed by atoms with Crippen LogP contribution in [-0.2, 0) is 11.0 Å². The van der Waals surface area contributed by atoms with E-state index in [1.165, 1.54) is 6.07 Å². The molecule has 0 atom stereocenters. The van der Waals surface area contributed by atoms with E-state index in [0.29, 0.717) is 17.9 Å². The van der Waals surface area contributed by atoms with Gasteiger partial charge in [0.15, 0.2) is 0 Å². The predicted octanol–water partition coefficient (Wildman–Crippen LogP) is 4.04. The topological polar surface area (TPSA) is 32.3 Å². The number of alkyl halides is 3. The van der Waals surface area contributed by atoms with E-state index in [4.69, 9.17) is 0 Å². The molecule has 1 fully saturated rings. The van der Waals surface area contributed by atoms with Crippen LogP contribution < -0.4 is 10.2 Å². The van der Waals surface area contributed by atoms with Crippen LogP contribution in [0.4, 0.5) is 24.5 Å². The molecule has 3 nitrogen and oxygen atoms in total. The SMILES string of the molecule is CN1CC2(CCCCC2)C(=O)Nc2ccc(C(F)(F)F)cc21. The molecule has 1 N–H and O–H groups in total. The first-order valence-corrected chi connectivity index (χ1v) is 7.56. The molecule has 1 aliphatic carbocycles. The monoisotopic (exact) mass is 312 g/mol. The summed E-state index contributed by atoms with van der Waals surface area (Å²) in [6, 6.07) is 3.50. The molecule has 0 unspecified atom stereocenters. The number of amides is 1. The molecule has 2 aliphatic rings. The van der Waals surface area contributed by atoms with Crippen molar-refractivity contribution in [3.05, 3.63) is 23.8 Å². The Labute approximate surface area is 127 Å². The van der Waals surface area contributed by atoms with Gasteiger partial charge in [-0.1, -0.05) is 19.3 Å². The first kappa shape index (κ1) is 15.2. The number of carbonyl (C=O) groups excluding carboxylic acids is 1. The van der Waals surface area contributed by atoms with Gasteiger partial charge < -0.3 is 10.2 Å². The number of hydrogen-bond acceptors (Lipinski definition) is 2. The molecule has 1 aromatic carbocycles. The zero-order valence-electron chi connectivity index (χ0n) is 12.5. The maximum Gasteiger partial charge on any atom is 0.416 e. The van der Waals surface area contributed by atoms with Crippen molar-refractivity contribution >= 4 is 17.3 Å². The minimum Gasteiger partial charge on any atom is -0.372 e. The number of benzene rings is 1. The number of anilines is 2. The van der Waals surface area contributed by atoms with Gasteiger partial charge in [-0.2, -0.15) is 13.2 Å². The fraction of sp³-hybridized carbons (Fsp3) is 0.562. The molecule has 0 saturated heterocycles. The van der Waals surface area contributed by atoms with Crippen molar-refractivity contribution in [3.8, 4) is 0 Å². The molecule has 1 aliphatic heterocycles. The van der Waals surface area contributed by atoms with Gasteiger partial charge in [0.2, 0.25) is 5.91 Å². The molecule has 120 valence electrons. The quantitative estimate of drug-likeness (QED) is 0.784. The Hall–Kier alpha value is -1.72. The second-order valence-corrected chi connectivity index (χ2v) is 6.38. The van der Waals surface area contributed by atoms with Crippen LogP contribution in [0.15, 0.2) is 18.2 Å². The van der Waals surface area contributed by atoms with Gasteiger partial charge in [-0.3, -0.25) is 4.79 Å². The van der Waals surface area contributed by atoms with Gasteiger partial charge in [0, 0.05) is 13.6 Å². The number of rotatable bonds is 0. The molecule has 0 aromatic heterocycles. The molecule has 1 amide bonds. The molecular weight excluding hydrogens is 293 g/mol. The number of halogens is 3. The third kappa shape index (κ3) is 2.55. The van der Waals surface area contributed by atoms with E-state index in [-0.39, 0.29) is 5.91 Å².